The Morgan fingerprint density at radius 1 is 1.50 bits per heavy atom. The quantitative estimate of drug-likeness (QED) is 0.755. The summed E-state index contributed by atoms with van der Waals surface area (Å²) in [4.78, 5) is 0. The zero-order valence-electron chi connectivity index (χ0n) is 10.7. The third-order valence-electron chi connectivity index (χ3n) is 3.63. The van der Waals surface area contributed by atoms with Crippen molar-refractivity contribution in [3.05, 3.63) is 23.8 Å². The molecule has 1 aromatic carbocycles. The van der Waals surface area contributed by atoms with Crippen LogP contribution in [0.15, 0.2) is 18.2 Å². The van der Waals surface area contributed by atoms with Gasteiger partial charge in [0, 0.05) is 20.3 Å². The summed E-state index contributed by atoms with van der Waals surface area (Å²) >= 11 is 0. The topological polar surface area (TPSA) is 71.1 Å². The largest absolute Gasteiger partial charge is 0.397 e. The first-order valence-corrected chi connectivity index (χ1v) is 6.22. The summed E-state index contributed by atoms with van der Waals surface area (Å²) in [6, 6.07) is 7.44. The predicted octanol–water partition coefficient (Wildman–Crippen LogP) is 2.37. The first kappa shape index (κ1) is 12.7. The molecule has 3 N–H and O–H groups in total. The van der Waals surface area contributed by atoms with E-state index in [2.05, 4.69) is 11.4 Å². The Labute approximate surface area is 108 Å². The number of hydrogen-bond donors (Lipinski definition) is 2. The van der Waals surface area contributed by atoms with Gasteiger partial charge in [-0.25, -0.2) is 0 Å². The Bertz CT molecular complexity index is 461. The first-order chi connectivity index (χ1) is 8.69. The van der Waals surface area contributed by atoms with Gasteiger partial charge in [0.15, 0.2) is 0 Å². The van der Waals surface area contributed by atoms with E-state index in [1.807, 2.05) is 6.07 Å². The SMILES string of the molecule is COCCC1(CNc2cc(C#N)ccc2N)CC1. The lowest BCUT2D eigenvalue weighted by atomic mass is 10.0. The first-order valence-electron chi connectivity index (χ1n) is 6.22. The third kappa shape index (κ3) is 2.93. The molecule has 0 bridgehead atoms. The Kier molecular flexibility index (Phi) is 3.73. The van der Waals surface area contributed by atoms with E-state index in [-0.39, 0.29) is 0 Å². The lowest BCUT2D eigenvalue weighted by molar-refractivity contribution is 0.175. The van der Waals surface area contributed by atoms with Crippen LogP contribution in [0.5, 0.6) is 0 Å². The highest BCUT2D eigenvalue weighted by molar-refractivity contribution is 5.68. The minimum atomic E-state index is 0.366. The van der Waals surface area contributed by atoms with Gasteiger partial charge < -0.3 is 15.8 Å². The number of rotatable bonds is 6. The zero-order valence-corrected chi connectivity index (χ0v) is 10.7. The molecule has 1 aliphatic carbocycles. The second-order valence-electron chi connectivity index (χ2n) is 5.01. The van der Waals surface area contributed by atoms with E-state index in [0.29, 0.717) is 16.7 Å². The van der Waals surface area contributed by atoms with Crippen LogP contribution in [-0.2, 0) is 4.74 Å². The maximum Gasteiger partial charge on any atom is 0.0992 e. The lowest BCUT2D eigenvalue weighted by Crippen LogP contribution is -2.18. The van der Waals surface area contributed by atoms with Crippen LogP contribution in [0.3, 0.4) is 0 Å². The van der Waals surface area contributed by atoms with Gasteiger partial charge in [-0.05, 0) is 42.9 Å². The molecule has 0 heterocycles. The molecule has 1 aromatic rings. The number of nitrogens with zero attached hydrogens (tertiary/aromatic N) is 1. The molecule has 0 spiro atoms. The normalized spacial score (nSPS) is 16.0. The van der Waals surface area contributed by atoms with Gasteiger partial charge in [0.2, 0.25) is 0 Å². The lowest BCUT2D eigenvalue weighted by Gasteiger charge is -2.17. The molecule has 96 valence electrons. The van der Waals surface area contributed by atoms with Gasteiger partial charge in [-0.2, -0.15) is 5.26 Å². The standard InChI is InChI=1S/C14H19N3O/c1-18-7-6-14(4-5-14)10-17-13-8-11(9-15)2-3-12(13)16/h2-3,8,17H,4-7,10,16H2,1H3. The van der Waals surface area contributed by atoms with Crippen molar-refractivity contribution in [2.24, 2.45) is 5.41 Å². The number of nitriles is 1. The maximum absolute atomic E-state index is 8.87. The third-order valence-corrected chi connectivity index (χ3v) is 3.63. The van der Waals surface area contributed by atoms with Gasteiger partial charge in [0.25, 0.3) is 0 Å². The molecular weight excluding hydrogens is 226 g/mol. The Balaban J connectivity index is 1.96. The monoisotopic (exact) mass is 245 g/mol. The molecule has 0 aliphatic heterocycles. The summed E-state index contributed by atoms with van der Waals surface area (Å²) < 4.78 is 5.13. The van der Waals surface area contributed by atoms with Crippen LogP contribution >= 0.6 is 0 Å². The summed E-state index contributed by atoms with van der Waals surface area (Å²) in [5, 5.41) is 12.2. The second kappa shape index (κ2) is 5.28. The van der Waals surface area contributed by atoms with Crippen molar-refractivity contribution < 1.29 is 4.74 Å². The molecule has 0 unspecified atom stereocenters. The van der Waals surface area contributed by atoms with E-state index in [1.165, 1.54) is 12.8 Å². The number of benzene rings is 1. The van der Waals surface area contributed by atoms with E-state index >= 15 is 0 Å². The van der Waals surface area contributed by atoms with Gasteiger partial charge in [-0.15, -0.1) is 0 Å². The number of nitrogens with one attached hydrogen (secondary N) is 1. The average molecular weight is 245 g/mol. The Hall–Kier alpha value is -1.73. The molecule has 1 aliphatic rings. The molecule has 1 fully saturated rings. The van der Waals surface area contributed by atoms with Gasteiger partial charge in [0.05, 0.1) is 23.0 Å². The minimum absolute atomic E-state index is 0.366. The smallest absolute Gasteiger partial charge is 0.0992 e. The van der Waals surface area contributed by atoms with Gasteiger partial charge in [-0.1, -0.05) is 0 Å². The highest BCUT2D eigenvalue weighted by Gasteiger charge is 2.41. The van der Waals surface area contributed by atoms with Crippen LogP contribution in [0.1, 0.15) is 24.8 Å². The van der Waals surface area contributed by atoms with E-state index in [1.54, 1.807) is 19.2 Å². The maximum atomic E-state index is 8.87. The second-order valence-corrected chi connectivity index (χ2v) is 5.01. The van der Waals surface area contributed by atoms with Crippen LogP contribution in [0.4, 0.5) is 11.4 Å². The predicted molar refractivity (Wildman–Crippen MR) is 72.2 cm³/mol. The average Bonchev–Trinajstić information content (AvgIpc) is 3.16. The van der Waals surface area contributed by atoms with Crippen molar-refractivity contribution in [3.63, 3.8) is 0 Å². The van der Waals surface area contributed by atoms with Crippen molar-refractivity contribution in [1.82, 2.24) is 0 Å². The minimum Gasteiger partial charge on any atom is -0.397 e. The summed E-state index contributed by atoms with van der Waals surface area (Å²) in [6.07, 6.45) is 3.55. The van der Waals surface area contributed by atoms with Crippen LogP contribution in [0.2, 0.25) is 0 Å². The molecule has 4 nitrogen and oxygen atoms in total. The number of nitrogens with two attached hydrogens (primary N) is 1. The summed E-state index contributed by atoms with van der Waals surface area (Å²) in [5.41, 5.74) is 8.45. The molecule has 0 aromatic heterocycles. The van der Waals surface area contributed by atoms with Crippen molar-refractivity contribution in [2.45, 2.75) is 19.3 Å². The van der Waals surface area contributed by atoms with Crippen molar-refractivity contribution in [1.29, 1.82) is 5.26 Å². The molecular formula is C14H19N3O. The van der Waals surface area contributed by atoms with E-state index < -0.39 is 0 Å². The fourth-order valence-electron chi connectivity index (χ4n) is 2.07. The molecule has 0 atom stereocenters. The molecule has 4 heteroatoms. The van der Waals surface area contributed by atoms with E-state index in [0.717, 1.165) is 25.3 Å². The van der Waals surface area contributed by atoms with E-state index in [9.17, 15) is 0 Å². The van der Waals surface area contributed by atoms with Crippen molar-refractivity contribution in [2.75, 3.05) is 31.3 Å². The number of methoxy groups -OCH3 is 1. The van der Waals surface area contributed by atoms with Crippen molar-refractivity contribution >= 4 is 11.4 Å². The van der Waals surface area contributed by atoms with Gasteiger partial charge >= 0.3 is 0 Å². The Morgan fingerprint density at radius 2 is 2.28 bits per heavy atom. The number of anilines is 2. The fourth-order valence-corrected chi connectivity index (χ4v) is 2.07. The van der Waals surface area contributed by atoms with Gasteiger partial charge in [0.1, 0.15) is 0 Å². The zero-order chi connectivity index (χ0) is 13.0. The molecule has 0 amide bonds. The molecule has 0 radical (unpaired) electrons. The molecule has 2 rings (SSSR count). The number of nitrogen functional groups attached to an aromatic ring is 1. The molecule has 18 heavy (non-hydrogen) atoms. The number of ether oxygens (including phenoxy) is 1. The van der Waals surface area contributed by atoms with Crippen LogP contribution < -0.4 is 11.1 Å². The summed E-state index contributed by atoms with van der Waals surface area (Å²) in [5.74, 6) is 0. The van der Waals surface area contributed by atoms with Crippen LogP contribution in [0, 0.1) is 16.7 Å². The molecule has 0 saturated heterocycles. The van der Waals surface area contributed by atoms with Gasteiger partial charge in [-0.3, -0.25) is 0 Å². The van der Waals surface area contributed by atoms with Crippen LogP contribution in [-0.4, -0.2) is 20.3 Å². The number of hydrogen-bond acceptors (Lipinski definition) is 4. The highest BCUT2D eigenvalue weighted by atomic mass is 16.5. The fraction of sp³-hybridized carbons (Fsp3) is 0.500. The Morgan fingerprint density at radius 3 is 2.89 bits per heavy atom. The van der Waals surface area contributed by atoms with Crippen molar-refractivity contribution in [3.8, 4) is 6.07 Å². The molecule has 1 saturated carbocycles. The van der Waals surface area contributed by atoms with E-state index in [4.69, 9.17) is 15.7 Å². The summed E-state index contributed by atoms with van der Waals surface area (Å²) in [6.45, 7) is 1.70. The van der Waals surface area contributed by atoms with Crippen LogP contribution in [0.25, 0.3) is 0 Å². The summed E-state index contributed by atoms with van der Waals surface area (Å²) in [7, 11) is 1.73. The highest BCUT2D eigenvalue weighted by Crippen LogP contribution is 2.48.